The van der Waals surface area contributed by atoms with Crippen LogP contribution in [0.25, 0.3) is 0 Å². The summed E-state index contributed by atoms with van der Waals surface area (Å²) in [7, 11) is 0. The second kappa shape index (κ2) is 8.99. The molecule has 10 heteroatoms. The maximum atomic E-state index is 10.4. The summed E-state index contributed by atoms with van der Waals surface area (Å²) < 4.78 is 11.1. The summed E-state index contributed by atoms with van der Waals surface area (Å²) in [6.45, 7) is 7.43. The number of hydrogen-bond donors (Lipinski definition) is 8. The molecule has 9 N–H and O–H groups in total. The van der Waals surface area contributed by atoms with E-state index < -0.39 is 60.5 Å². The molecule has 0 aromatic rings. The molecular weight excluding hydrogens is 384 g/mol. The lowest BCUT2D eigenvalue weighted by atomic mass is 9.77. The Morgan fingerprint density at radius 3 is 2.34 bits per heavy atom. The fourth-order valence-corrected chi connectivity index (χ4v) is 4.67. The van der Waals surface area contributed by atoms with E-state index in [1.54, 1.807) is 0 Å². The van der Waals surface area contributed by atoms with Gasteiger partial charge in [0.25, 0.3) is 0 Å². The van der Waals surface area contributed by atoms with Gasteiger partial charge in [-0.1, -0.05) is 13.8 Å². The molecule has 0 aromatic carbocycles. The van der Waals surface area contributed by atoms with Gasteiger partial charge in [-0.3, -0.25) is 5.32 Å². The van der Waals surface area contributed by atoms with Crippen molar-refractivity contribution in [1.29, 1.82) is 0 Å². The number of hydrogen-bond acceptors (Lipinski definition) is 10. The van der Waals surface area contributed by atoms with Crippen molar-refractivity contribution in [3.05, 3.63) is 0 Å². The first kappa shape index (κ1) is 24.9. The quantitative estimate of drug-likeness (QED) is 0.171. The third-order valence-electron chi connectivity index (χ3n) is 6.07. The molecule has 0 bridgehead atoms. The van der Waals surface area contributed by atoms with Gasteiger partial charge in [-0.25, -0.2) is 0 Å². The summed E-state index contributed by atoms with van der Waals surface area (Å²) in [5, 5.41) is 62.0. The molecule has 2 aliphatic rings. The van der Waals surface area contributed by atoms with E-state index in [2.05, 4.69) is 5.32 Å². The molecule has 2 rings (SSSR count). The number of rotatable bonds is 11. The number of aliphatic hydroxyl groups is 6. The Bertz CT molecular complexity index is 548. The van der Waals surface area contributed by atoms with E-state index in [0.29, 0.717) is 19.4 Å². The molecule has 8 atom stereocenters. The predicted molar refractivity (Wildman–Crippen MR) is 103 cm³/mol. The van der Waals surface area contributed by atoms with Crippen molar-refractivity contribution >= 4 is 0 Å². The van der Waals surface area contributed by atoms with E-state index in [0.717, 1.165) is 0 Å². The molecule has 0 spiro atoms. The third kappa shape index (κ3) is 5.27. The molecule has 1 aliphatic heterocycles. The molecule has 2 fully saturated rings. The molecule has 29 heavy (non-hydrogen) atoms. The molecule has 1 heterocycles. The average Bonchev–Trinajstić information content (AvgIpc) is 2.72. The molecular formula is C19H38N2O8. The predicted octanol–water partition coefficient (Wildman–Crippen LogP) is -2.18. The zero-order valence-electron chi connectivity index (χ0n) is 17.7. The standard InChI is InChI=1S/C19H38N2O8/c1-17(2,9-18(3,4)21-15(26)11(20)8-23)5-6-28-16-12-14(25)13(24)10(7-22)19(12,27)29-16/h10-16,21-27H,5-9,20H2,1-4H3. The minimum atomic E-state index is -1.78. The summed E-state index contributed by atoms with van der Waals surface area (Å²) in [6, 6.07) is -0.772. The van der Waals surface area contributed by atoms with Gasteiger partial charge >= 0.3 is 0 Å². The van der Waals surface area contributed by atoms with Crippen LogP contribution in [-0.2, 0) is 9.47 Å². The van der Waals surface area contributed by atoms with Crippen LogP contribution in [-0.4, -0.2) is 92.6 Å². The number of aliphatic hydroxyl groups excluding tert-OH is 5. The summed E-state index contributed by atoms with van der Waals surface area (Å²) in [5.41, 5.74) is 5.00. The molecule has 1 saturated carbocycles. The topological polar surface area (TPSA) is 178 Å². The van der Waals surface area contributed by atoms with Gasteiger partial charge in [0.05, 0.1) is 49.9 Å². The fourth-order valence-electron chi connectivity index (χ4n) is 4.67. The van der Waals surface area contributed by atoms with Gasteiger partial charge in [0.2, 0.25) is 0 Å². The molecule has 8 unspecified atom stereocenters. The molecule has 1 saturated heterocycles. The van der Waals surface area contributed by atoms with Gasteiger partial charge in [0.15, 0.2) is 12.1 Å². The van der Waals surface area contributed by atoms with Gasteiger partial charge in [-0.05, 0) is 32.1 Å². The first-order valence-corrected chi connectivity index (χ1v) is 10.1. The van der Waals surface area contributed by atoms with Crippen LogP contribution in [0.4, 0.5) is 0 Å². The highest BCUT2D eigenvalue weighted by molar-refractivity contribution is 5.10. The van der Waals surface area contributed by atoms with Gasteiger partial charge in [-0.15, -0.1) is 0 Å². The number of ether oxygens (including phenoxy) is 2. The number of fused-ring (bicyclic) bond motifs is 1. The van der Waals surface area contributed by atoms with Crippen molar-refractivity contribution in [3.8, 4) is 0 Å². The van der Waals surface area contributed by atoms with E-state index in [1.807, 2.05) is 27.7 Å². The maximum absolute atomic E-state index is 10.4. The minimum absolute atomic E-state index is 0.193. The zero-order valence-corrected chi connectivity index (χ0v) is 17.7. The number of nitrogens with two attached hydrogens (primary N) is 1. The van der Waals surface area contributed by atoms with Crippen molar-refractivity contribution in [2.45, 2.75) is 82.6 Å². The normalized spacial score (nSPS) is 37.1. The van der Waals surface area contributed by atoms with Crippen LogP contribution in [0, 0.1) is 17.3 Å². The van der Waals surface area contributed by atoms with E-state index in [-0.39, 0.29) is 12.0 Å². The van der Waals surface area contributed by atoms with Crippen molar-refractivity contribution in [1.82, 2.24) is 5.32 Å². The molecule has 10 nitrogen and oxygen atoms in total. The second-order valence-electron chi connectivity index (χ2n) is 9.82. The average molecular weight is 423 g/mol. The largest absolute Gasteiger partial charge is 0.396 e. The molecule has 1 aliphatic carbocycles. The summed E-state index contributed by atoms with van der Waals surface area (Å²) >= 11 is 0. The Morgan fingerprint density at radius 2 is 1.79 bits per heavy atom. The van der Waals surface area contributed by atoms with Crippen LogP contribution < -0.4 is 11.1 Å². The SMILES string of the molecule is CC(C)(CCOC1OC2(O)C(CO)C(O)C(O)C12)CC(C)(C)NC(O)C(N)CO. The van der Waals surface area contributed by atoms with E-state index in [4.69, 9.17) is 20.3 Å². The van der Waals surface area contributed by atoms with E-state index >= 15 is 0 Å². The minimum Gasteiger partial charge on any atom is -0.396 e. The van der Waals surface area contributed by atoms with Gasteiger partial charge < -0.3 is 45.8 Å². The van der Waals surface area contributed by atoms with Gasteiger partial charge in [0.1, 0.15) is 6.23 Å². The highest BCUT2D eigenvalue weighted by Gasteiger charge is 2.71. The highest BCUT2D eigenvalue weighted by Crippen LogP contribution is 2.53. The first-order chi connectivity index (χ1) is 13.3. The van der Waals surface area contributed by atoms with Gasteiger partial charge in [0, 0.05) is 5.54 Å². The summed E-state index contributed by atoms with van der Waals surface area (Å²) in [5.74, 6) is -3.56. The van der Waals surface area contributed by atoms with Crippen LogP contribution in [0.1, 0.15) is 40.5 Å². The van der Waals surface area contributed by atoms with Gasteiger partial charge in [-0.2, -0.15) is 0 Å². The Kier molecular flexibility index (Phi) is 7.71. The molecule has 0 aromatic heterocycles. The summed E-state index contributed by atoms with van der Waals surface area (Å²) in [6.07, 6.45) is -3.09. The van der Waals surface area contributed by atoms with Crippen LogP contribution >= 0.6 is 0 Å². The smallest absolute Gasteiger partial charge is 0.186 e. The zero-order chi connectivity index (χ0) is 22.2. The molecule has 0 radical (unpaired) electrons. The van der Waals surface area contributed by atoms with Crippen molar-refractivity contribution in [2.75, 3.05) is 19.8 Å². The number of nitrogens with one attached hydrogen (secondary N) is 1. The Balaban J connectivity index is 1.83. The Morgan fingerprint density at radius 1 is 1.17 bits per heavy atom. The van der Waals surface area contributed by atoms with Crippen molar-refractivity contribution in [3.63, 3.8) is 0 Å². The molecule has 0 amide bonds. The Hall–Kier alpha value is -0.400. The lowest BCUT2D eigenvalue weighted by Gasteiger charge is -2.49. The highest BCUT2D eigenvalue weighted by atomic mass is 16.8. The van der Waals surface area contributed by atoms with Crippen LogP contribution in [0.5, 0.6) is 0 Å². The summed E-state index contributed by atoms with van der Waals surface area (Å²) in [4.78, 5) is 0. The van der Waals surface area contributed by atoms with Crippen LogP contribution in [0.2, 0.25) is 0 Å². The van der Waals surface area contributed by atoms with Crippen molar-refractivity contribution < 1.29 is 40.1 Å². The van der Waals surface area contributed by atoms with Crippen molar-refractivity contribution in [2.24, 2.45) is 23.0 Å². The Labute approximate surface area is 171 Å². The van der Waals surface area contributed by atoms with E-state index in [1.165, 1.54) is 0 Å². The molecule has 172 valence electrons. The lowest BCUT2D eigenvalue weighted by Crippen LogP contribution is -2.63. The fraction of sp³-hybridized carbons (Fsp3) is 1.00. The third-order valence-corrected chi connectivity index (χ3v) is 6.07. The van der Waals surface area contributed by atoms with Crippen LogP contribution in [0.3, 0.4) is 0 Å². The monoisotopic (exact) mass is 422 g/mol. The van der Waals surface area contributed by atoms with E-state index in [9.17, 15) is 25.5 Å². The van der Waals surface area contributed by atoms with Crippen LogP contribution in [0.15, 0.2) is 0 Å². The maximum Gasteiger partial charge on any atom is 0.186 e. The first-order valence-electron chi connectivity index (χ1n) is 10.1. The second-order valence-corrected chi connectivity index (χ2v) is 9.82. The lowest BCUT2D eigenvalue weighted by molar-refractivity contribution is -0.438.